The van der Waals surface area contributed by atoms with Gasteiger partial charge in [0.2, 0.25) is 0 Å². The third kappa shape index (κ3) is 7.27. The maximum absolute atomic E-state index is 12.3. The normalized spacial score (nSPS) is 26.8. The minimum absolute atomic E-state index is 0.198. The van der Waals surface area contributed by atoms with Crippen LogP contribution in [0.3, 0.4) is 0 Å². The Hall–Kier alpha value is -2.50. The van der Waals surface area contributed by atoms with Gasteiger partial charge in [0.1, 0.15) is 24.4 Å². The summed E-state index contributed by atoms with van der Waals surface area (Å²) in [4.78, 5) is 24.3. The molecule has 0 bridgehead atoms. The molecule has 2 saturated heterocycles. The van der Waals surface area contributed by atoms with Gasteiger partial charge in [-0.25, -0.2) is 4.79 Å². The first kappa shape index (κ1) is 28.1. The zero-order valence-corrected chi connectivity index (χ0v) is 21.9. The van der Waals surface area contributed by atoms with E-state index in [0.29, 0.717) is 12.2 Å². The first-order valence-corrected chi connectivity index (χ1v) is 11.9. The molecule has 10 heteroatoms. The number of hydrogen-bond donors (Lipinski definition) is 1. The second kappa shape index (κ2) is 11.7. The monoisotopic (exact) mass is 507 g/mol. The molecule has 1 aromatic carbocycles. The van der Waals surface area contributed by atoms with E-state index in [9.17, 15) is 9.59 Å². The summed E-state index contributed by atoms with van der Waals surface area (Å²) >= 11 is 0. The van der Waals surface area contributed by atoms with Crippen LogP contribution in [0.15, 0.2) is 42.1 Å². The van der Waals surface area contributed by atoms with Crippen LogP contribution < -0.4 is 5.32 Å². The Morgan fingerprint density at radius 1 is 1.06 bits per heavy atom. The predicted octanol–water partition coefficient (Wildman–Crippen LogP) is 2.45. The molecule has 0 unspecified atom stereocenters. The van der Waals surface area contributed by atoms with Crippen LogP contribution in [0.5, 0.6) is 0 Å². The number of esters is 2. The van der Waals surface area contributed by atoms with Crippen molar-refractivity contribution in [2.24, 2.45) is 0 Å². The third-order valence-corrected chi connectivity index (χ3v) is 5.87. The van der Waals surface area contributed by atoms with Crippen molar-refractivity contribution in [3.8, 4) is 0 Å². The molecule has 3 rings (SSSR count). The van der Waals surface area contributed by atoms with Gasteiger partial charge in [-0.1, -0.05) is 30.3 Å². The van der Waals surface area contributed by atoms with E-state index >= 15 is 0 Å². The molecule has 10 nitrogen and oxygen atoms in total. The standard InChI is InChI=1S/C26H37NO9/c1-16(28)33-22(19-15-32-25(2,3)34-19)23(31-7)24-21(35-26(4,5)36-24)18(13-20(29)30-6)27-14-17-11-9-8-10-12-17/h8-13,19,21-24,27H,14-15H2,1-7H3/b18-13-/t19-,21+,22-,23+,24+/m1/s1. The molecular weight excluding hydrogens is 470 g/mol. The smallest absolute Gasteiger partial charge is 0.332 e. The van der Waals surface area contributed by atoms with Crippen molar-refractivity contribution in [1.29, 1.82) is 0 Å². The van der Waals surface area contributed by atoms with Crippen molar-refractivity contribution in [2.45, 2.75) is 83.3 Å². The second-order valence-corrected chi connectivity index (χ2v) is 9.62. The Morgan fingerprint density at radius 3 is 2.31 bits per heavy atom. The molecule has 0 radical (unpaired) electrons. The van der Waals surface area contributed by atoms with Gasteiger partial charge in [0.25, 0.3) is 0 Å². The molecule has 2 heterocycles. The van der Waals surface area contributed by atoms with E-state index in [0.717, 1.165) is 5.56 Å². The van der Waals surface area contributed by atoms with E-state index < -0.39 is 54.0 Å². The summed E-state index contributed by atoms with van der Waals surface area (Å²) in [6, 6.07) is 9.71. The van der Waals surface area contributed by atoms with Gasteiger partial charge >= 0.3 is 11.9 Å². The zero-order valence-electron chi connectivity index (χ0n) is 21.9. The Bertz CT molecular complexity index is 931. The van der Waals surface area contributed by atoms with Gasteiger partial charge in [-0.2, -0.15) is 0 Å². The number of hydrogen-bond acceptors (Lipinski definition) is 10. The molecule has 200 valence electrons. The van der Waals surface area contributed by atoms with Crippen molar-refractivity contribution in [3.63, 3.8) is 0 Å². The lowest BCUT2D eigenvalue weighted by molar-refractivity contribution is -0.201. The number of carbonyl (C=O) groups is 2. The number of ether oxygens (including phenoxy) is 7. The summed E-state index contributed by atoms with van der Waals surface area (Å²) in [5, 5.41) is 3.29. The van der Waals surface area contributed by atoms with Crippen LogP contribution in [0.4, 0.5) is 0 Å². The fourth-order valence-electron chi connectivity index (χ4n) is 4.37. The summed E-state index contributed by atoms with van der Waals surface area (Å²) in [6.07, 6.45) is -2.51. The summed E-state index contributed by atoms with van der Waals surface area (Å²) in [6.45, 7) is 9.03. The maximum atomic E-state index is 12.3. The highest BCUT2D eigenvalue weighted by Gasteiger charge is 2.53. The number of methoxy groups -OCH3 is 2. The van der Waals surface area contributed by atoms with Gasteiger partial charge in [-0.15, -0.1) is 0 Å². The van der Waals surface area contributed by atoms with E-state index in [4.69, 9.17) is 33.2 Å². The van der Waals surface area contributed by atoms with Crippen molar-refractivity contribution < 1.29 is 42.7 Å². The zero-order chi connectivity index (χ0) is 26.5. The predicted molar refractivity (Wildman–Crippen MR) is 128 cm³/mol. The molecule has 2 aliphatic heterocycles. The van der Waals surface area contributed by atoms with Crippen molar-refractivity contribution in [1.82, 2.24) is 5.32 Å². The summed E-state index contributed by atoms with van der Waals surface area (Å²) in [5.41, 5.74) is 1.44. The molecule has 1 aromatic rings. The van der Waals surface area contributed by atoms with E-state index in [-0.39, 0.29) is 6.61 Å². The second-order valence-electron chi connectivity index (χ2n) is 9.62. The largest absolute Gasteiger partial charge is 0.466 e. The van der Waals surface area contributed by atoms with E-state index in [2.05, 4.69) is 5.32 Å². The number of nitrogens with one attached hydrogen (secondary N) is 1. The van der Waals surface area contributed by atoms with Gasteiger partial charge in [0, 0.05) is 26.7 Å². The van der Waals surface area contributed by atoms with Gasteiger partial charge in [0.05, 0.1) is 19.4 Å². The summed E-state index contributed by atoms with van der Waals surface area (Å²) in [7, 11) is 2.80. The Labute approximate surface area is 212 Å². The molecule has 2 fully saturated rings. The van der Waals surface area contributed by atoms with E-state index in [1.54, 1.807) is 27.7 Å². The fraction of sp³-hybridized carbons (Fsp3) is 0.615. The van der Waals surface area contributed by atoms with Gasteiger partial charge in [0.15, 0.2) is 17.7 Å². The quantitative estimate of drug-likeness (QED) is 0.374. The first-order chi connectivity index (χ1) is 16.9. The number of benzene rings is 1. The molecular formula is C26H37NO9. The number of carbonyl (C=O) groups excluding carboxylic acids is 2. The van der Waals surface area contributed by atoms with Gasteiger partial charge in [-0.3, -0.25) is 4.79 Å². The van der Waals surface area contributed by atoms with Crippen LogP contribution in [0.25, 0.3) is 0 Å². The van der Waals surface area contributed by atoms with E-state index in [1.807, 2.05) is 30.3 Å². The average molecular weight is 508 g/mol. The molecule has 36 heavy (non-hydrogen) atoms. The molecule has 1 N–H and O–H groups in total. The van der Waals surface area contributed by atoms with Gasteiger partial charge in [-0.05, 0) is 33.3 Å². The van der Waals surface area contributed by atoms with Crippen LogP contribution in [0.1, 0.15) is 40.2 Å². The van der Waals surface area contributed by atoms with Crippen LogP contribution >= 0.6 is 0 Å². The molecule has 2 aliphatic rings. The minimum Gasteiger partial charge on any atom is -0.466 e. The highest BCUT2D eigenvalue weighted by molar-refractivity contribution is 5.82. The highest BCUT2D eigenvalue weighted by atomic mass is 16.8. The average Bonchev–Trinajstić information content (AvgIpc) is 3.34. The van der Waals surface area contributed by atoms with Gasteiger partial charge < -0.3 is 38.5 Å². The molecule has 5 atom stereocenters. The highest BCUT2D eigenvalue weighted by Crippen LogP contribution is 2.37. The first-order valence-electron chi connectivity index (χ1n) is 11.9. The lowest BCUT2D eigenvalue weighted by atomic mass is 9.96. The molecule has 0 aromatic heterocycles. The van der Waals surface area contributed by atoms with Crippen LogP contribution in [0, 0.1) is 0 Å². The molecule has 0 aliphatic carbocycles. The summed E-state index contributed by atoms with van der Waals surface area (Å²) in [5.74, 6) is -2.93. The third-order valence-electron chi connectivity index (χ3n) is 5.87. The van der Waals surface area contributed by atoms with Crippen molar-refractivity contribution in [2.75, 3.05) is 20.8 Å². The van der Waals surface area contributed by atoms with Crippen molar-refractivity contribution >= 4 is 11.9 Å². The van der Waals surface area contributed by atoms with Crippen LogP contribution in [-0.2, 0) is 49.3 Å². The minimum atomic E-state index is -1.02. The topological polar surface area (TPSA) is 111 Å². The molecule has 0 amide bonds. The van der Waals surface area contributed by atoms with Crippen LogP contribution in [-0.4, -0.2) is 74.9 Å². The molecule has 0 saturated carbocycles. The summed E-state index contributed by atoms with van der Waals surface area (Å²) < 4.78 is 40.7. The number of rotatable bonds is 10. The fourth-order valence-corrected chi connectivity index (χ4v) is 4.37. The maximum Gasteiger partial charge on any atom is 0.332 e. The Balaban J connectivity index is 1.94. The SMILES string of the molecule is COC(=O)/C=C(\NCc1ccccc1)[C@@H]1OC(C)(C)O[C@@H]1[C@@H](OC)[C@H](OC(C)=O)[C@H]1COC(C)(C)O1. The Kier molecular flexibility index (Phi) is 9.13. The van der Waals surface area contributed by atoms with Crippen molar-refractivity contribution in [3.05, 3.63) is 47.7 Å². The molecule has 0 spiro atoms. The van der Waals surface area contributed by atoms with Crippen LogP contribution in [0.2, 0.25) is 0 Å². The lowest BCUT2D eigenvalue weighted by Gasteiger charge is -2.34. The lowest BCUT2D eigenvalue weighted by Crippen LogP contribution is -2.53. The Morgan fingerprint density at radius 2 is 1.75 bits per heavy atom. The van der Waals surface area contributed by atoms with E-state index in [1.165, 1.54) is 27.2 Å².